The third kappa shape index (κ3) is 3.72. The van der Waals surface area contributed by atoms with Crippen LogP contribution in [0.2, 0.25) is 0 Å². The smallest absolute Gasteiger partial charge is 0.177 e. The van der Waals surface area contributed by atoms with Crippen LogP contribution in [-0.2, 0) is 17.7 Å². The highest BCUT2D eigenvalue weighted by Crippen LogP contribution is 2.69. The second-order valence-electron chi connectivity index (χ2n) is 10.1. The van der Waals surface area contributed by atoms with E-state index in [1.54, 1.807) is 30.5 Å². The van der Waals surface area contributed by atoms with Gasteiger partial charge in [-0.1, -0.05) is 72.8 Å². The Morgan fingerprint density at radius 2 is 1.69 bits per heavy atom. The van der Waals surface area contributed by atoms with Gasteiger partial charge in [0.2, 0.25) is 0 Å². The molecule has 4 aromatic rings. The lowest BCUT2D eigenvalue weighted by Crippen LogP contribution is -2.52. The third-order valence-corrected chi connectivity index (χ3v) is 8.17. The molecule has 0 amide bonds. The molecule has 1 aromatic heterocycles. The SMILES string of the molecule is COc1cncc2c1[C@]1(O)[C@H](O)[C@H](CNCc3ccccc3)[C@H](c3ccccc3)[C@]1(c1ccc(C#N)cc1)O2. The number of pyridine rings is 1. The fraction of sp³-hybridized carbons (Fsp3) is 0.250. The van der Waals surface area contributed by atoms with Gasteiger partial charge in [0, 0.05) is 24.9 Å². The Kier molecular flexibility index (Phi) is 6.32. The molecular weight excluding hydrogens is 490 g/mol. The Hall–Kier alpha value is -4.22. The summed E-state index contributed by atoms with van der Waals surface area (Å²) in [6.45, 7) is 1.03. The molecule has 39 heavy (non-hydrogen) atoms. The van der Waals surface area contributed by atoms with E-state index < -0.39 is 29.1 Å². The first-order valence-corrected chi connectivity index (χ1v) is 13.0. The molecule has 1 saturated carbocycles. The van der Waals surface area contributed by atoms with Crippen molar-refractivity contribution < 1.29 is 19.7 Å². The quantitative estimate of drug-likeness (QED) is 0.339. The number of rotatable bonds is 7. The summed E-state index contributed by atoms with van der Waals surface area (Å²) in [7, 11) is 1.51. The molecule has 2 aliphatic rings. The van der Waals surface area contributed by atoms with Crippen molar-refractivity contribution in [1.82, 2.24) is 10.3 Å². The highest BCUT2D eigenvalue weighted by atomic mass is 16.5. The van der Waals surface area contributed by atoms with E-state index in [2.05, 4.69) is 16.4 Å². The number of aromatic nitrogens is 1. The molecule has 0 saturated heterocycles. The van der Waals surface area contributed by atoms with Crippen molar-refractivity contribution in [1.29, 1.82) is 5.26 Å². The Morgan fingerprint density at radius 1 is 1.00 bits per heavy atom. The largest absolute Gasteiger partial charge is 0.495 e. The van der Waals surface area contributed by atoms with E-state index in [1.165, 1.54) is 13.3 Å². The molecule has 196 valence electrons. The highest BCUT2D eigenvalue weighted by Gasteiger charge is 2.76. The minimum Gasteiger partial charge on any atom is -0.495 e. The second-order valence-corrected chi connectivity index (χ2v) is 10.1. The van der Waals surface area contributed by atoms with Gasteiger partial charge in [0.1, 0.15) is 11.5 Å². The Balaban J connectivity index is 1.54. The zero-order chi connectivity index (χ0) is 27.0. The number of hydrogen-bond acceptors (Lipinski definition) is 7. The van der Waals surface area contributed by atoms with Crippen LogP contribution >= 0.6 is 0 Å². The molecule has 0 radical (unpaired) electrons. The van der Waals surface area contributed by atoms with Gasteiger partial charge < -0.3 is 25.0 Å². The summed E-state index contributed by atoms with van der Waals surface area (Å²) in [6.07, 6.45) is 1.86. The lowest BCUT2D eigenvalue weighted by molar-refractivity contribution is -0.152. The van der Waals surface area contributed by atoms with Gasteiger partial charge in [-0.25, -0.2) is 0 Å². The maximum atomic E-state index is 12.8. The van der Waals surface area contributed by atoms with Crippen molar-refractivity contribution in [3.05, 3.63) is 125 Å². The van der Waals surface area contributed by atoms with E-state index >= 15 is 0 Å². The molecule has 6 rings (SSSR count). The number of aliphatic hydroxyl groups is 2. The van der Waals surface area contributed by atoms with E-state index in [0.29, 0.717) is 41.3 Å². The predicted molar refractivity (Wildman–Crippen MR) is 145 cm³/mol. The summed E-state index contributed by atoms with van der Waals surface area (Å²) < 4.78 is 12.4. The first-order chi connectivity index (χ1) is 19.0. The zero-order valence-electron chi connectivity index (χ0n) is 21.5. The summed E-state index contributed by atoms with van der Waals surface area (Å²) in [5, 5.41) is 37.9. The molecule has 0 bridgehead atoms. The van der Waals surface area contributed by atoms with Crippen molar-refractivity contribution in [3.63, 3.8) is 0 Å². The Labute approximate surface area is 227 Å². The normalized spacial score (nSPS) is 26.8. The summed E-state index contributed by atoms with van der Waals surface area (Å²) >= 11 is 0. The molecule has 0 spiro atoms. The van der Waals surface area contributed by atoms with Gasteiger partial charge in [-0.3, -0.25) is 4.98 Å². The van der Waals surface area contributed by atoms with Crippen LogP contribution in [0, 0.1) is 17.2 Å². The average Bonchev–Trinajstić information content (AvgIpc) is 3.36. The molecule has 0 unspecified atom stereocenters. The van der Waals surface area contributed by atoms with Crippen LogP contribution in [0.4, 0.5) is 0 Å². The minimum absolute atomic E-state index is 0.342. The number of nitrogens with zero attached hydrogens (tertiary/aromatic N) is 2. The fourth-order valence-corrected chi connectivity index (χ4v) is 6.53. The third-order valence-electron chi connectivity index (χ3n) is 8.17. The minimum atomic E-state index is -1.87. The predicted octanol–water partition coefficient (Wildman–Crippen LogP) is 4.00. The molecule has 3 aromatic carbocycles. The molecule has 1 fully saturated rings. The maximum absolute atomic E-state index is 12.8. The van der Waals surface area contributed by atoms with Crippen molar-refractivity contribution in [2.24, 2.45) is 5.92 Å². The van der Waals surface area contributed by atoms with Crippen molar-refractivity contribution >= 4 is 0 Å². The van der Waals surface area contributed by atoms with Crippen LogP contribution in [0.5, 0.6) is 11.5 Å². The van der Waals surface area contributed by atoms with E-state index in [4.69, 9.17) is 9.47 Å². The van der Waals surface area contributed by atoms with Crippen LogP contribution in [0.1, 0.15) is 33.7 Å². The van der Waals surface area contributed by atoms with Crippen LogP contribution in [0.25, 0.3) is 0 Å². The fourth-order valence-electron chi connectivity index (χ4n) is 6.53. The molecule has 2 heterocycles. The van der Waals surface area contributed by atoms with E-state index in [0.717, 1.165) is 11.1 Å². The molecule has 1 aliphatic carbocycles. The van der Waals surface area contributed by atoms with E-state index in [1.807, 2.05) is 60.7 Å². The number of ether oxygens (including phenoxy) is 2. The van der Waals surface area contributed by atoms with Gasteiger partial charge in [0.05, 0.1) is 42.8 Å². The van der Waals surface area contributed by atoms with Gasteiger partial charge >= 0.3 is 0 Å². The van der Waals surface area contributed by atoms with E-state index in [9.17, 15) is 15.5 Å². The lowest BCUT2D eigenvalue weighted by atomic mass is 9.70. The lowest BCUT2D eigenvalue weighted by Gasteiger charge is -2.41. The number of hydrogen-bond donors (Lipinski definition) is 3. The Bertz CT molecular complexity index is 1510. The number of nitrogens with one attached hydrogen (secondary N) is 1. The topological polar surface area (TPSA) is 108 Å². The summed E-state index contributed by atoms with van der Waals surface area (Å²) in [4.78, 5) is 4.26. The molecular formula is C32H29N3O4. The molecule has 1 aliphatic heterocycles. The van der Waals surface area contributed by atoms with Crippen molar-refractivity contribution in [2.75, 3.05) is 13.7 Å². The zero-order valence-corrected chi connectivity index (χ0v) is 21.5. The van der Waals surface area contributed by atoms with Crippen LogP contribution < -0.4 is 14.8 Å². The molecule has 3 N–H and O–H groups in total. The Morgan fingerprint density at radius 3 is 2.36 bits per heavy atom. The molecule has 7 heteroatoms. The number of benzene rings is 3. The van der Waals surface area contributed by atoms with Crippen LogP contribution in [0.3, 0.4) is 0 Å². The van der Waals surface area contributed by atoms with Gasteiger partial charge in [-0.15, -0.1) is 0 Å². The maximum Gasteiger partial charge on any atom is 0.177 e. The summed E-state index contributed by atoms with van der Waals surface area (Å²) in [6, 6.07) is 29.1. The van der Waals surface area contributed by atoms with Crippen molar-refractivity contribution in [2.45, 2.75) is 29.8 Å². The average molecular weight is 520 g/mol. The second kappa shape index (κ2) is 9.83. The van der Waals surface area contributed by atoms with Crippen molar-refractivity contribution in [3.8, 4) is 17.6 Å². The first kappa shape index (κ1) is 25.1. The number of aliphatic hydroxyl groups excluding tert-OH is 1. The van der Waals surface area contributed by atoms with Gasteiger partial charge in [0.15, 0.2) is 11.2 Å². The highest BCUT2D eigenvalue weighted by molar-refractivity contribution is 5.59. The van der Waals surface area contributed by atoms with E-state index in [-0.39, 0.29) is 0 Å². The monoisotopic (exact) mass is 519 g/mol. The first-order valence-electron chi connectivity index (χ1n) is 13.0. The van der Waals surface area contributed by atoms with Gasteiger partial charge in [-0.05, 0) is 28.8 Å². The number of nitriles is 1. The standard InChI is InChI=1S/C32H29N3O4/c1-38-26-19-35-20-27-29(26)31(37)30(36)25(18-34-17-22-8-4-2-5-9-22)28(23-10-6-3-7-11-23)32(31,39-27)24-14-12-21(16-33)13-15-24/h2-15,19-20,25,28,30,34,36-37H,17-18H2,1H3/t25-,28+,30-,31+,32+/m1/s1. The number of fused-ring (bicyclic) bond motifs is 3. The summed E-state index contributed by atoms with van der Waals surface area (Å²) in [5.41, 5.74) is 0.275. The van der Waals surface area contributed by atoms with Gasteiger partial charge in [0.25, 0.3) is 0 Å². The van der Waals surface area contributed by atoms with Crippen LogP contribution in [0.15, 0.2) is 97.3 Å². The van der Waals surface area contributed by atoms with Crippen LogP contribution in [-0.4, -0.2) is 35.0 Å². The molecule has 7 nitrogen and oxygen atoms in total. The summed E-state index contributed by atoms with van der Waals surface area (Å²) in [5.74, 6) is -0.207. The van der Waals surface area contributed by atoms with Gasteiger partial charge in [-0.2, -0.15) is 5.26 Å². The number of methoxy groups -OCH3 is 1. The molecule has 5 atom stereocenters.